The van der Waals surface area contributed by atoms with Gasteiger partial charge in [-0.05, 0) is 63.2 Å². The predicted octanol–water partition coefficient (Wildman–Crippen LogP) is 4.80. The fourth-order valence-electron chi connectivity index (χ4n) is 3.39. The number of fused-ring (bicyclic) bond motifs is 1. The number of methoxy groups -OCH3 is 1. The molecule has 1 unspecified atom stereocenters. The second-order valence-electron chi connectivity index (χ2n) is 6.48. The first-order valence-electron chi connectivity index (χ1n) is 9.23. The fourth-order valence-corrected chi connectivity index (χ4v) is 3.39. The summed E-state index contributed by atoms with van der Waals surface area (Å²) < 4.78 is 11.4. The second-order valence-corrected chi connectivity index (χ2v) is 6.48. The van der Waals surface area contributed by atoms with E-state index < -0.39 is 0 Å². The molecule has 0 radical (unpaired) electrons. The molecule has 4 nitrogen and oxygen atoms in total. The van der Waals surface area contributed by atoms with E-state index in [1.165, 1.54) is 5.69 Å². The molecule has 0 amide bonds. The third kappa shape index (κ3) is 3.50. The zero-order valence-corrected chi connectivity index (χ0v) is 16.3. The van der Waals surface area contributed by atoms with Crippen LogP contribution in [0, 0.1) is 0 Å². The third-order valence-corrected chi connectivity index (χ3v) is 4.90. The lowest BCUT2D eigenvalue weighted by Crippen LogP contribution is -2.25. The van der Waals surface area contributed by atoms with E-state index in [-0.39, 0.29) is 6.10 Å². The Bertz CT molecular complexity index is 779. The van der Waals surface area contributed by atoms with Crippen LogP contribution in [-0.4, -0.2) is 33.4 Å². The van der Waals surface area contributed by atoms with Gasteiger partial charge in [0.1, 0.15) is 17.6 Å². The van der Waals surface area contributed by atoms with Crippen molar-refractivity contribution < 1.29 is 9.47 Å². The molecule has 3 rings (SSSR count). The standard InChI is InChI=1S/C22H28N2O2/c1-6-24(7-2)18-10-13-20-21(14-16(3)26-22(20)15-18)23(4)17-8-11-19(25-5)12-9-17/h8-16H,6-7H2,1-5H3. The minimum absolute atomic E-state index is 0.0325. The van der Waals surface area contributed by atoms with Gasteiger partial charge in [0, 0.05) is 43.1 Å². The molecule has 1 heterocycles. The monoisotopic (exact) mass is 352 g/mol. The van der Waals surface area contributed by atoms with Gasteiger partial charge in [-0.15, -0.1) is 0 Å². The first-order valence-corrected chi connectivity index (χ1v) is 9.23. The Hall–Kier alpha value is -2.62. The SMILES string of the molecule is CCN(CC)c1ccc2c(c1)OC(C)C=C2N(C)c1ccc(OC)cc1. The number of hydrogen-bond donors (Lipinski definition) is 0. The quantitative estimate of drug-likeness (QED) is 0.745. The molecule has 0 spiro atoms. The molecule has 0 fully saturated rings. The van der Waals surface area contributed by atoms with Crippen molar-refractivity contribution in [2.45, 2.75) is 26.9 Å². The molecule has 2 aromatic rings. The first kappa shape index (κ1) is 18.2. The van der Waals surface area contributed by atoms with Crippen LogP contribution in [0.1, 0.15) is 26.3 Å². The summed E-state index contributed by atoms with van der Waals surface area (Å²) in [6.45, 7) is 8.40. The topological polar surface area (TPSA) is 24.9 Å². The summed E-state index contributed by atoms with van der Waals surface area (Å²) in [6, 6.07) is 14.6. The highest BCUT2D eigenvalue weighted by Crippen LogP contribution is 2.38. The van der Waals surface area contributed by atoms with E-state index in [4.69, 9.17) is 9.47 Å². The molecule has 0 saturated carbocycles. The summed E-state index contributed by atoms with van der Waals surface area (Å²) in [7, 11) is 3.78. The molecule has 0 aliphatic carbocycles. The maximum absolute atomic E-state index is 6.11. The van der Waals surface area contributed by atoms with Crippen molar-refractivity contribution in [3.05, 3.63) is 54.1 Å². The average Bonchev–Trinajstić information content (AvgIpc) is 2.67. The molecule has 2 aromatic carbocycles. The number of rotatable bonds is 6. The van der Waals surface area contributed by atoms with Crippen molar-refractivity contribution in [3.8, 4) is 11.5 Å². The lowest BCUT2D eigenvalue weighted by Gasteiger charge is -2.31. The van der Waals surface area contributed by atoms with Gasteiger partial charge in [0.2, 0.25) is 0 Å². The van der Waals surface area contributed by atoms with E-state index in [2.05, 4.69) is 74.0 Å². The van der Waals surface area contributed by atoms with Crippen LogP contribution >= 0.6 is 0 Å². The summed E-state index contributed by atoms with van der Waals surface area (Å²) in [5.74, 6) is 1.81. The van der Waals surface area contributed by atoms with E-state index in [9.17, 15) is 0 Å². The normalized spacial score (nSPS) is 15.6. The molecule has 0 saturated heterocycles. The number of hydrogen-bond acceptors (Lipinski definition) is 4. The highest BCUT2D eigenvalue weighted by atomic mass is 16.5. The van der Waals surface area contributed by atoms with Crippen molar-refractivity contribution in [2.24, 2.45) is 0 Å². The molecule has 1 aliphatic heterocycles. The van der Waals surface area contributed by atoms with Gasteiger partial charge in [0.15, 0.2) is 0 Å². The zero-order chi connectivity index (χ0) is 18.7. The molecule has 1 atom stereocenters. The summed E-state index contributed by atoms with van der Waals surface area (Å²) in [5.41, 5.74) is 4.60. The summed E-state index contributed by atoms with van der Waals surface area (Å²) in [5, 5.41) is 0. The Balaban J connectivity index is 1.95. The Morgan fingerprint density at radius 2 is 1.65 bits per heavy atom. The van der Waals surface area contributed by atoms with E-state index >= 15 is 0 Å². The highest BCUT2D eigenvalue weighted by molar-refractivity contribution is 5.84. The molecule has 0 bridgehead atoms. The fraction of sp³-hybridized carbons (Fsp3) is 0.364. The Labute approximate surface area is 156 Å². The molecule has 26 heavy (non-hydrogen) atoms. The van der Waals surface area contributed by atoms with E-state index in [0.717, 1.165) is 41.5 Å². The van der Waals surface area contributed by atoms with E-state index in [1.54, 1.807) is 7.11 Å². The number of ether oxygens (including phenoxy) is 2. The number of anilines is 2. The predicted molar refractivity (Wildman–Crippen MR) is 109 cm³/mol. The maximum Gasteiger partial charge on any atom is 0.131 e. The van der Waals surface area contributed by atoms with Gasteiger partial charge in [-0.25, -0.2) is 0 Å². The largest absolute Gasteiger partial charge is 0.497 e. The van der Waals surface area contributed by atoms with Gasteiger partial charge in [0.05, 0.1) is 12.8 Å². The zero-order valence-electron chi connectivity index (χ0n) is 16.3. The molecule has 0 N–H and O–H groups in total. The summed E-state index contributed by atoms with van der Waals surface area (Å²) in [4.78, 5) is 4.54. The lowest BCUT2D eigenvalue weighted by molar-refractivity contribution is 0.264. The molecule has 138 valence electrons. The van der Waals surface area contributed by atoms with Crippen molar-refractivity contribution in [1.29, 1.82) is 0 Å². The van der Waals surface area contributed by atoms with Crippen LogP contribution in [-0.2, 0) is 0 Å². The minimum Gasteiger partial charge on any atom is -0.497 e. The highest BCUT2D eigenvalue weighted by Gasteiger charge is 2.22. The molecule has 4 heteroatoms. The van der Waals surface area contributed by atoms with E-state index in [0.29, 0.717) is 0 Å². The number of nitrogens with zero attached hydrogens (tertiary/aromatic N) is 2. The Morgan fingerprint density at radius 3 is 2.27 bits per heavy atom. The van der Waals surface area contributed by atoms with Crippen LogP contribution in [0.2, 0.25) is 0 Å². The number of benzene rings is 2. The van der Waals surface area contributed by atoms with Crippen LogP contribution < -0.4 is 19.3 Å². The van der Waals surface area contributed by atoms with Crippen LogP contribution in [0.3, 0.4) is 0 Å². The molecular formula is C22H28N2O2. The van der Waals surface area contributed by atoms with Gasteiger partial charge in [-0.1, -0.05) is 0 Å². The first-order chi connectivity index (χ1) is 12.6. The summed E-state index contributed by atoms with van der Waals surface area (Å²) in [6.07, 6.45) is 2.20. The van der Waals surface area contributed by atoms with Gasteiger partial charge in [0.25, 0.3) is 0 Å². The van der Waals surface area contributed by atoms with Crippen LogP contribution in [0.25, 0.3) is 5.70 Å². The van der Waals surface area contributed by atoms with Crippen LogP contribution in [0.15, 0.2) is 48.5 Å². The molecule has 0 aromatic heterocycles. The third-order valence-electron chi connectivity index (χ3n) is 4.90. The van der Waals surface area contributed by atoms with Crippen molar-refractivity contribution in [2.75, 3.05) is 37.0 Å². The molecular weight excluding hydrogens is 324 g/mol. The van der Waals surface area contributed by atoms with Crippen molar-refractivity contribution in [3.63, 3.8) is 0 Å². The Kier molecular flexibility index (Phi) is 5.40. The van der Waals surface area contributed by atoms with Gasteiger partial charge in [-0.2, -0.15) is 0 Å². The van der Waals surface area contributed by atoms with Crippen LogP contribution in [0.4, 0.5) is 11.4 Å². The van der Waals surface area contributed by atoms with Crippen LogP contribution in [0.5, 0.6) is 11.5 Å². The lowest BCUT2D eigenvalue weighted by atomic mass is 10.0. The van der Waals surface area contributed by atoms with Crippen molar-refractivity contribution in [1.82, 2.24) is 0 Å². The second kappa shape index (κ2) is 7.73. The molecule has 1 aliphatic rings. The maximum atomic E-state index is 6.11. The average molecular weight is 352 g/mol. The Morgan fingerprint density at radius 1 is 1.00 bits per heavy atom. The van der Waals surface area contributed by atoms with Crippen molar-refractivity contribution >= 4 is 17.1 Å². The van der Waals surface area contributed by atoms with Gasteiger partial charge < -0.3 is 19.3 Å². The smallest absolute Gasteiger partial charge is 0.131 e. The van der Waals surface area contributed by atoms with Gasteiger partial charge >= 0.3 is 0 Å². The van der Waals surface area contributed by atoms with E-state index in [1.807, 2.05) is 12.1 Å². The minimum atomic E-state index is 0.0325. The van der Waals surface area contributed by atoms with Gasteiger partial charge in [-0.3, -0.25) is 0 Å². The summed E-state index contributed by atoms with van der Waals surface area (Å²) >= 11 is 0.